The lowest BCUT2D eigenvalue weighted by atomic mass is 9.88. The largest absolute Gasteiger partial charge is 0.453 e. The summed E-state index contributed by atoms with van der Waals surface area (Å²) in [5.41, 5.74) is 0.540. The molecule has 2 N–H and O–H groups in total. The summed E-state index contributed by atoms with van der Waals surface area (Å²) in [5, 5.41) is 5.83. The van der Waals surface area contributed by atoms with Crippen molar-refractivity contribution in [3.8, 4) is 11.3 Å². The minimum atomic E-state index is -0.784. The quantitative estimate of drug-likeness (QED) is 0.537. The van der Waals surface area contributed by atoms with Gasteiger partial charge in [0, 0.05) is 16.7 Å². The van der Waals surface area contributed by atoms with Crippen LogP contribution in [-0.2, 0) is 26.4 Å². The Labute approximate surface area is 204 Å². The Bertz CT molecular complexity index is 1340. The van der Waals surface area contributed by atoms with Crippen molar-refractivity contribution in [1.82, 2.24) is 14.9 Å². The number of methoxy groups -OCH3 is 1. The Kier molecular flexibility index (Phi) is 6.86. The lowest BCUT2D eigenvalue weighted by molar-refractivity contribution is -0.134. The topological polar surface area (TPSA) is 112 Å². The summed E-state index contributed by atoms with van der Waals surface area (Å²) in [5.74, 6) is -0.506. The standard InChI is InChI=1S/C24H22ClFN4O5/c1-14-27-20(18-8-5-16(25)9-19(18)28-23(33)34-2)10-22(32)30(14)11-21(31)29-24(12-35-13-24)15-3-6-17(26)7-4-15/h3-10H,11-13H2,1-2H3,(H,28,33)(H,29,31). The van der Waals surface area contributed by atoms with E-state index in [1.54, 1.807) is 31.2 Å². The molecule has 3 aromatic rings. The molecule has 0 saturated carbocycles. The minimum absolute atomic E-state index is 0.238. The summed E-state index contributed by atoms with van der Waals surface area (Å²) in [7, 11) is 1.23. The molecule has 0 unspecified atom stereocenters. The van der Waals surface area contributed by atoms with Crippen LogP contribution in [0.5, 0.6) is 0 Å². The summed E-state index contributed by atoms with van der Waals surface area (Å²) in [6.07, 6.45) is -0.703. The van der Waals surface area contributed by atoms with E-state index in [0.29, 0.717) is 33.4 Å². The Balaban J connectivity index is 1.57. The number of ether oxygens (including phenoxy) is 2. The molecule has 2 amide bonds. The highest BCUT2D eigenvalue weighted by Crippen LogP contribution is 2.31. The van der Waals surface area contributed by atoms with E-state index in [9.17, 15) is 18.8 Å². The number of hydrogen-bond acceptors (Lipinski definition) is 6. The summed E-state index contributed by atoms with van der Waals surface area (Å²) >= 11 is 6.05. The molecule has 2 aromatic carbocycles. The van der Waals surface area contributed by atoms with Gasteiger partial charge in [-0.2, -0.15) is 0 Å². The molecule has 1 saturated heterocycles. The second kappa shape index (κ2) is 9.85. The van der Waals surface area contributed by atoms with Crippen molar-refractivity contribution in [3.63, 3.8) is 0 Å². The molecule has 4 rings (SSSR count). The number of carbonyl (C=O) groups is 2. The van der Waals surface area contributed by atoms with Crippen LogP contribution < -0.4 is 16.2 Å². The molecule has 0 radical (unpaired) electrons. The van der Waals surface area contributed by atoms with Crippen LogP contribution in [0.15, 0.2) is 53.3 Å². The number of halogens is 2. The highest BCUT2D eigenvalue weighted by Gasteiger charge is 2.41. The molecule has 2 heterocycles. The van der Waals surface area contributed by atoms with Gasteiger partial charge in [0.1, 0.15) is 23.7 Å². The molecule has 35 heavy (non-hydrogen) atoms. The predicted octanol–water partition coefficient (Wildman–Crippen LogP) is 3.23. The van der Waals surface area contributed by atoms with Gasteiger partial charge in [0.15, 0.2) is 0 Å². The summed E-state index contributed by atoms with van der Waals surface area (Å²) in [6.45, 7) is 1.81. The fourth-order valence-corrected chi connectivity index (χ4v) is 3.96. The maximum absolute atomic E-state index is 13.3. The van der Waals surface area contributed by atoms with Gasteiger partial charge in [0.25, 0.3) is 5.56 Å². The highest BCUT2D eigenvalue weighted by atomic mass is 35.5. The van der Waals surface area contributed by atoms with Crippen LogP contribution in [0, 0.1) is 12.7 Å². The first-order chi connectivity index (χ1) is 16.7. The van der Waals surface area contributed by atoms with Crippen LogP contribution in [0.2, 0.25) is 5.02 Å². The lowest BCUT2D eigenvalue weighted by Crippen LogP contribution is -2.60. The third-order valence-corrected chi connectivity index (χ3v) is 5.89. The number of anilines is 1. The van der Waals surface area contributed by atoms with Crippen molar-refractivity contribution in [2.45, 2.75) is 19.0 Å². The Morgan fingerprint density at radius 2 is 1.91 bits per heavy atom. The average molecular weight is 501 g/mol. The number of aryl methyl sites for hydroxylation is 1. The van der Waals surface area contributed by atoms with Gasteiger partial charge in [0.2, 0.25) is 5.91 Å². The highest BCUT2D eigenvalue weighted by molar-refractivity contribution is 6.31. The van der Waals surface area contributed by atoms with Crippen molar-refractivity contribution in [1.29, 1.82) is 0 Å². The fraction of sp³-hybridized carbons (Fsp3) is 0.250. The van der Waals surface area contributed by atoms with E-state index in [4.69, 9.17) is 16.3 Å². The predicted molar refractivity (Wildman–Crippen MR) is 127 cm³/mol. The number of nitrogens with one attached hydrogen (secondary N) is 2. The minimum Gasteiger partial charge on any atom is -0.453 e. The molecule has 1 aliphatic rings. The Morgan fingerprint density at radius 1 is 1.20 bits per heavy atom. The zero-order chi connectivity index (χ0) is 25.2. The summed E-state index contributed by atoms with van der Waals surface area (Å²) < 4.78 is 24.5. The molecule has 9 nitrogen and oxygen atoms in total. The lowest BCUT2D eigenvalue weighted by Gasteiger charge is -2.42. The van der Waals surface area contributed by atoms with Gasteiger partial charge >= 0.3 is 6.09 Å². The molecule has 0 bridgehead atoms. The average Bonchev–Trinajstić information content (AvgIpc) is 2.79. The maximum atomic E-state index is 13.3. The van der Waals surface area contributed by atoms with E-state index in [2.05, 4.69) is 20.4 Å². The third kappa shape index (κ3) is 5.18. The van der Waals surface area contributed by atoms with Crippen LogP contribution in [0.1, 0.15) is 11.4 Å². The number of amides is 2. The van der Waals surface area contributed by atoms with Gasteiger partial charge in [-0.25, -0.2) is 14.2 Å². The van der Waals surface area contributed by atoms with Crippen LogP contribution in [0.3, 0.4) is 0 Å². The summed E-state index contributed by atoms with van der Waals surface area (Å²) in [6, 6.07) is 11.8. The monoisotopic (exact) mass is 500 g/mol. The number of aromatic nitrogens is 2. The molecule has 1 fully saturated rings. The van der Waals surface area contributed by atoms with Gasteiger partial charge in [-0.05, 0) is 42.8 Å². The van der Waals surface area contributed by atoms with Crippen LogP contribution in [0.4, 0.5) is 14.9 Å². The Morgan fingerprint density at radius 3 is 2.51 bits per heavy atom. The molecule has 182 valence electrons. The number of hydrogen-bond donors (Lipinski definition) is 2. The normalized spacial score (nSPS) is 14.1. The van der Waals surface area contributed by atoms with Gasteiger partial charge < -0.3 is 14.8 Å². The molecule has 0 spiro atoms. The first kappa shape index (κ1) is 24.4. The zero-order valence-electron chi connectivity index (χ0n) is 18.9. The van der Waals surface area contributed by atoms with E-state index in [1.807, 2.05) is 0 Å². The van der Waals surface area contributed by atoms with Crippen molar-refractivity contribution in [2.75, 3.05) is 25.6 Å². The molecule has 0 atom stereocenters. The first-order valence-electron chi connectivity index (χ1n) is 10.6. The smallest absolute Gasteiger partial charge is 0.411 e. The van der Waals surface area contributed by atoms with Crippen molar-refractivity contribution in [2.24, 2.45) is 0 Å². The molecular weight excluding hydrogens is 479 g/mol. The van der Waals surface area contributed by atoms with Crippen molar-refractivity contribution >= 4 is 29.3 Å². The number of rotatable bonds is 6. The van der Waals surface area contributed by atoms with Crippen LogP contribution in [0.25, 0.3) is 11.3 Å². The van der Waals surface area contributed by atoms with E-state index >= 15 is 0 Å². The van der Waals surface area contributed by atoms with E-state index in [1.165, 1.54) is 35.9 Å². The van der Waals surface area contributed by atoms with Gasteiger partial charge in [0.05, 0.1) is 31.7 Å². The maximum Gasteiger partial charge on any atom is 0.411 e. The van der Waals surface area contributed by atoms with Crippen molar-refractivity contribution < 1.29 is 23.5 Å². The number of carbonyl (C=O) groups excluding carboxylic acids is 2. The van der Waals surface area contributed by atoms with Gasteiger partial charge in [-0.3, -0.25) is 19.5 Å². The van der Waals surface area contributed by atoms with Gasteiger partial charge in [-0.15, -0.1) is 0 Å². The van der Waals surface area contributed by atoms with Crippen LogP contribution >= 0.6 is 11.6 Å². The molecule has 1 aliphatic heterocycles. The van der Waals surface area contributed by atoms with Crippen LogP contribution in [-0.4, -0.2) is 41.9 Å². The van der Waals surface area contributed by atoms with Crippen molar-refractivity contribution in [3.05, 3.63) is 81.1 Å². The second-order valence-electron chi connectivity index (χ2n) is 8.05. The fourth-order valence-electron chi connectivity index (χ4n) is 3.79. The second-order valence-corrected chi connectivity index (χ2v) is 8.49. The van der Waals surface area contributed by atoms with E-state index < -0.39 is 23.1 Å². The van der Waals surface area contributed by atoms with Gasteiger partial charge in [-0.1, -0.05) is 23.7 Å². The third-order valence-electron chi connectivity index (χ3n) is 5.65. The number of benzene rings is 2. The van der Waals surface area contributed by atoms with E-state index in [0.717, 1.165) is 0 Å². The molecule has 1 aromatic heterocycles. The molecule has 0 aliphatic carbocycles. The molecule has 11 heteroatoms. The first-order valence-corrected chi connectivity index (χ1v) is 11.0. The number of nitrogens with zero attached hydrogens (tertiary/aromatic N) is 2. The molecular formula is C24H22ClFN4O5. The summed E-state index contributed by atoms with van der Waals surface area (Å²) in [4.78, 5) is 42.0. The zero-order valence-corrected chi connectivity index (χ0v) is 19.7. The Hall–Kier alpha value is -3.76. The SMILES string of the molecule is COC(=O)Nc1cc(Cl)ccc1-c1cc(=O)n(CC(=O)NC2(c3ccc(F)cc3)COC2)c(C)n1. The van der Waals surface area contributed by atoms with E-state index in [-0.39, 0.29) is 25.6 Å².